The van der Waals surface area contributed by atoms with Crippen molar-refractivity contribution in [3.8, 4) is 0 Å². The van der Waals surface area contributed by atoms with Crippen LogP contribution in [-0.2, 0) is 5.41 Å². The van der Waals surface area contributed by atoms with Gasteiger partial charge < -0.3 is 9.80 Å². The lowest BCUT2D eigenvalue weighted by Gasteiger charge is -2.52. The zero-order chi connectivity index (χ0) is 27.4. The Morgan fingerprint density at radius 2 is 1.10 bits per heavy atom. The van der Waals surface area contributed by atoms with Crippen LogP contribution < -0.4 is 9.80 Å². The summed E-state index contributed by atoms with van der Waals surface area (Å²) in [5, 5.41) is 0. The molecule has 2 unspecified atom stereocenters. The second kappa shape index (κ2) is 10.3. The van der Waals surface area contributed by atoms with Crippen LogP contribution in [0.2, 0.25) is 0 Å². The number of fused-ring (bicyclic) bond motifs is 3. The maximum absolute atomic E-state index is 2.96. The second-order valence-electron chi connectivity index (χ2n) is 13.6. The van der Waals surface area contributed by atoms with E-state index in [4.69, 9.17) is 0 Å². The predicted octanol–water partition coefficient (Wildman–Crippen LogP) is 9.81. The van der Waals surface area contributed by atoms with Gasteiger partial charge in [-0.3, -0.25) is 0 Å². The molecule has 1 saturated heterocycles. The number of aryl methyl sites for hydroxylation is 3. The molecule has 0 bridgehead atoms. The minimum absolute atomic E-state index is 0.206. The van der Waals surface area contributed by atoms with Crippen molar-refractivity contribution < 1.29 is 0 Å². The summed E-state index contributed by atoms with van der Waals surface area (Å²) in [4.78, 5) is 5.82. The molecule has 2 nitrogen and oxygen atoms in total. The highest BCUT2D eigenvalue weighted by Gasteiger charge is 2.65. The molecule has 0 radical (unpaired) electrons. The van der Waals surface area contributed by atoms with Crippen LogP contribution >= 0.6 is 0 Å². The van der Waals surface area contributed by atoms with E-state index >= 15 is 0 Å². The number of para-hydroxylation sites is 2. The number of rotatable bonds is 4. The number of hydrogen-bond acceptors (Lipinski definition) is 2. The Morgan fingerprint density at radius 1 is 0.575 bits per heavy atom. The van der Waals surface area contributed by atoms with Crippen LogP contribution in [0.25, 0.3) is 0 Å². The minimum atomic E-state index is 0.206. The van der Waals surface area contributed by atoms with Crippen LogP contribution in [0.5, 0.6) is 0 Å². The first-order valence-electron chi connectivity index (χ1n) is 16.3. The first kappa shape index (κ1) is 26.2. The van der Waals surface area contributed by atoms with E-state index in [1.54, 1.807) is 5.56 Å². The SMILES string of the molecule is Cc1ccccc1N1C(c2c(C)cccc2C)N2c3ccccc3C(C3CCCCC3)(C3CCCCC3)C2[C@@H]1C. The Bertz CT molecular complexity index is 1320. The highest BCUT2D eigenvalue weighted by Crippen LogP contribution is 2.65. The van der Waals surface area contributed by atoms with E-state index in [-0.39, 0.29) is 11.6 Å². The monoisotopic (exact) mass is 532 g/mol. The van der Waals surface area contributed by atoms with Crippen molar-refractivity contribution in [2.45, 2.75) is 116 Å². The third-order valence-corrected chi connectivity index (χ3v) is 11.6. The Balaban J connectivity index is 1.52. The van der Waals surface area contributed by atoms with E-state index in [0.717, 1.165) is 11.8 Å². The van der Waals surface area contributed by atoms with Crippen LogP contribution in [0.15, 0.2) is 66.7 Å². The van der Waals surface area contributed by atoms with Crippen molar-refractivity contribution in [2.75, 3.05) is 9.80 Å². The Hall–Kier alpha value is -2.74. The number of nitrogens with zero attached hydrogens (tertiary/aromatic N) is 2. The minimum Gasteiger partial charge on any atom is -0.342 e. The highest BCUT2D eigenvalue weighted by molar-refractivity contribution is 5.74. The molecular formula is C38H48N2. The fourth-order valence-corrected chi connectivity index (χ4v) is 10.2. The van der Waals surface area contributed by atoms with Gasteiger partial charge in [0.15, 0.2) is 0 Å². The molecule has 210 valence electrons. The molecule has 3 aromatic carbocycles. The second-order valence-corrected chi connectivity index (χ2v) is 13.6. The first-order valence-corrected chi connectivity index (χ1v) is 16.3. The third-order valence-electron chi connectivity index (χ3n) is 11.6. The Kier molecular flexibility index (Phi) is 6.72. The average molecular weight is 533 g/mol. The molecule has 4 aliphatic rings. The van der Waals surface area contributed by atoms with Crippen molar-refractivity contribution in [3.05, 3.63) is 94.5 Å². The average Bonchev–Trinajstić information content (AvgIpc) is 3.45. The maximum atomic E-state index is 2.96. The Labute approximate surface area is 242 Å². The van der Waals surface area contributed by atoms with Crippen molar-refractivity contribution in [1.82, 2.24) is 0 Å². The summed E-state index contributed by atoms with van der Waals surface area (Å²) in [5.41, 5.74) is 10.6. The maximum Gasteiger partial charge on any atom is 0.129 e. The quantitative estimate of drug-likeness (QED) is 0.330. The van der Waals surface area contributed by atoms with Gasteiger partial charge in [0.2, 0.25) is 0 Å². The van der Waals surface area contributed by atoms with E-state index in [1.165, 1.54) is 97.8 Å². The molecule has 3 aromatic rings. The molecule has 40 heavy (non-hydrogen) atoms. The zero-order valence-corrected chi connectivity index (χ0v) is 25.2. The molecule has 2 saturated carbocycles. The molecule has 2 heteroatoms. The summed E-state index contributed by atoms with van der Waals surface area (Å²) in [5.74, 6) is 1.55. The van der Waals surface area contributed by atoms with Gasteiger partial charge in [0.1, 0.15) is 6.17 Å². The molecule has 3 fully saturated rings. The lowest BCUT2D eigenvalue weighted by molar-refractivity contribution is 0.0794. The van der Waals surface area contributed by atoms with Crippen molar-refractivity contribution >= 4 is 11.4 Å². The highest BCUT2D eigenvalue weighted by atomic mass is 15.5. The molecule has 7 rings (SSSR count). The summed E-state index contributed by atoms with van der Waals surface area (Å²) in [6.07, 6.45) is 14.3. The number of benzene rings is 3. The van der Waals surface area contributed by atoms with Gasteiger partial charge in [0.05, 0.1) is 6.04 Å². The third kappa shape index (κ3) is 3.74. The summed E-state index contributed by atoms with van der Waals surface area (Å²) in [6, 6.07) is 26.7. The lowest BCUT2D eigenvalue weighted by Crippen LogP contribution is -2.57. The lowest BCUT2D eigenvalue weighted by atomic mass is 9.53. The molecular weight excluding hydrogens is 484 g/mol. The molecule has 0 aromatic heterocycles. The number of hydrogen-bond donors (Lipinski definition) is 0. The fourth-order valence-electron chi connectivity index (χ4n) is 10.2. The molecule has 2 heterocycles. The predicted molar refractivity (Wildman–Crippen MR) is 169 cm³/mol. The van der Waals surface area contributed by atoms with Gasteiger partial charge in [-0.15, -0.1) is 0 Å². The molecule has 2 aliphatic carbocycles. The summed E-state index contributed by atoms with van der Waals surface area (Å²) >= 11 is 0. The molecule has 0 amide bonds. The van der Waals surface area contributed by atoms with E-state index in [9.17, 15) is 0 Å². The van der Waals surface area contributed by atoms with E-state index in [2.05, 4.69) is 104 Å². The largest absolute Gasteiger partial charge is 0.342 e. The standard InChI is InChI=1S/C38H48N2/c1-26-16-11-13-24-33(26)39-29(4)36-38(30-19-7-5-8-20-30,31-21-9-6-10-22-31)32-23-12-14-25-34(32)40(36)37(39)35-27(2)17-15-18-28(35)3/h11-18,23-25,29-31,36-37H,5-10,19-22H2,1-4H3/t29-,36?,37?/m0/s1. The van der Waals surface area contributed by atoms with Gasteiger partial charge in [0, 0.05) is 28.4 Å². The van der Waals surface area contributed by atoms with Gasteiger partial charge in [-0.05, 0) is 99.6 Å². The van der Waals surface area contributed by atoms with Gasteiger partial charge in [0.25, 0.3) is 0 Å². The van der Waals surface area contributed by atoms with Crippen molar-refractivity contribution in [3.63, 3.8) is 0 Å². The normalized spacial score (nSPS) is 26.6. The first-order chi connectivity index (χ1) is 19.5. The van der Waals surface area contributed by atoms with E-state index in [1.807, 2.05) is 0 Å². The molecule has 3 atom stereocenters. The summed E-state index contributed by atoms with van der Waals surface area (Å²) in [7, 11) is 0. The van der Waals surface area contributed by atoms with Crippen LogP contribution in [0.4, 0.5) is 11.4 Å². The molecule has 0 N–H and O–H groups in total. The Morgan fingerprint density at radius 3 is 1.70 bits per heavy atom. The summed E-state index contributed by atoms with van der Waals surface area (Å²) in [6.45, 7) is 9.59. The summed E-state index contributed by atoms with van der Waals surface area (Å²) < 4.78 is 0. The molecule has 0 spiro atoms. The van der Waals surface area contributed by atoms with E-state index in [0.29, 0.717) is 12.1 Å². The van der Waals surface area contributed by atoms with Gasteiger partial charge in [-0.2, -0.15) is 0 Å². The van der Waals surface area contributed by atoms with Crippen molar-refractivity contribution in [2.24, 2.45) is 11.8 Å². The van der Waals surface area contributed by atoms with E-state index < -0.39 is 0 Å². The smallest absolute Gasteiger partial charge is 0.129 e. The van der Waals surface area contributed by atoms with Gasteiger partial charge in [-0.1, -0.05) is 93.1 Å². The van der Waals surface area contributed by atoms with Crippen molar-refractivity contribution in [1.29, 1.82) is 0 Å². The zero-order valence-electron chi connectivity index (χ0n) is 25.2. The van der Waals surface area contributed by atoms with Crippen LogP contribution in [0.1, 0.15) is 105 Å². The molecule has 2 aliphatic heterocycles. The fraction of sp³-hybridized carbons (Fsp3) is 0.526. The van der Waals surface area contributed by atoms with Crippen LogP contribution in [0, 0.1) is 32.6 Å². The topological polar surface area (TPSA) is 6.48 Å². The van der Waals surface area contributed by atoms with Crippen LogP contribution in [0.3, 0.4) is 0 Å². The van der Waals surface area contributed by atoms with Gasteiger partial charge >= 0.3 is 0 Å². The van der Waals surface area contributed by atoms with Gasteiger partial charge in [-0.25, -0.2) is 0 Å². The van der Waals surface area contributed by atoms with Crippen LogP contribution in [-0.4, -0.2) is 12.1 Å². The number of anilines is 2.